The normalized spacial score (nSPS) is 15.6. The van der Waals surface area contributed by atoms with Crippen LogP contribution >= 0.6 is 11.8 Å². The first-order chi connectivity index (χ1) is 16.1. The van der Waals surface area contributed by atoms with Gasteiger partial charge in [0.15, 0.2) is 0 Å². The number of nitrogens with one attached hydrogen (secondary N) is 2. The number of hydrogen-bond donors (Lipinski definition) is 2. The van der Waals surface area contributed by atoms with E-state index in [0.717, 1.165) is 16.1 Å². The van der Waals surface area contributed by atoms with E-state index in [-0.39, 0.29) is 12.3 Å². The lowest BCUT2D eigenvalue weighted by Gasteiger charge is -2.24. The maximum atomic E-state index is 12.9. The number of amides is 2. The lowest BCUT2D eigenvalue weighted by molar-refractivity contribution is -0.156. The van der Waals surface area contributed by atoms with Gasteiger partial charge in [-0.25, -0.2) is 0 Å². The first kappa shape index (κ1) is 22.5. The van der Waals surface area contributed by atoms with Crippen molar-refractivity contribution in [1.82, 2.24) is 10.3 Å². The summed E-state index contributed by atoms with van der Waals surface area (Å²) in [6.07, 6.45) is 2.42. The van der Waals surface area contributed by atoms with Crippen molar-refractivity contribution in [2.75, 3.05) is 11.9 Å². The average molecular weight is 462 g/mol. The van der Waals surface area contributed by atoms with Crippen LogP contribution in [0.2, 0.25) is 0 Å². The summed E-state index contributed by atoms with van der Waals surface area (Å²) in [5.41, 5.74) is 2.28. The number of thioether (sulfide) groups is 1. The largest absolute Gasteiger partial charge is 0.447 e. The number of carbonyl (C=O) groups excluding carboxylic acids is 3. The summed E-state index contributed by atoms with van der Waals surface area (Å²) < 4.78 is 5.56. The number of aromatic nitrogens is 1. The van der Waals surface area contributed by atoms with E-state index in [4.69, 9.17) is 4.74 Å². The minimum Gasteiger partial charge on any atom is -0.447 e. The number of ether oxygens (including phenoxy) is 1. The standard InChI is InChI=1S/C25H23N3O4S/c29-22(15-21-24(30)28-19-10-4-5-11-20(19)33-21)32-23(18-9-6-13-26-16-18)25(31)27-14-12-17-7-2-1-3-8-17/h1-11,13,16,21,23H,12,14-15H2,(H,27,31)(H,28,30)/t21-,23+/m1/s1. The Hall–Kier alpha value is -3.65. The molecule has 168 valence electrons. The summed E-state index contributed by atoms with van der Waals surface area (Å²) in [6.45, 7) is 0.398. The number of carbonyl (C=O) groups is 3. The minimum atomic E-state index is -1.15. The zero-order valence-electron chi connectivity index (χ0n) is 17.8. The molecule has 7 nitrogen and oxygen atoms in total. The molecule has 2 atom stereocenters. The van der Waals surface area contributed by atoms with Gasteiger partial charge in [0, 0.05) is 29.4 Å². The molecule has 0 spiro atoms. The Morgan fingerprint density at radius 2 is 1.85 bits per heavy atom. The van der Waals surface area contributed by atoms with Crippen LogP contribution in [0.15, 0.2) is 84.0 Å². The third-order valence-electron chi connectivity index (χ3n) is 5.09. The van der Waals surface area contributed by atoms with Crippen LogP contribution in [0.4, 0.5) is 5.69 Å². The third kappa shape index (κ3) is 5.98. The third-order valence-corrected chi connectivity index (χ3v) is 6.36. The Labute approximate surface area is 195 Å². The Morgan fingerprint density at radius 3 is 2.64 bits per heavy atom. The van der Waals surface area contributed by atoms with E-state index in [0.29, 0.717) is 18.5 Å². The molecule has 33 heavy (non-hydrogen) atoms. The molecular weight excluding hydrogens is 438 g/mol. The second kappa shape index (κ2) is 10.8. The number of esters is 1. The van der Waals surface area contributed by atoms with Crippen molar-refractivity contribution in [2.45, 2.75) is 29.1 Å². The predicted molar refractivity (Wildman–Crippen MR) is 126 cm³/mol. The summed E-state index contributed by atoms with van der Waals surface area (Å²) in [4.78, 5) is 43.0. The Kier molecular flexibility index (Phi) is 7.36. The highest BCUT2D eigenvalue weighted by atomic mass is 32.2. The van der Waals surface area contributed by atoms with Gasteiger partial charge in [0.2, 0.25) is 12.0 Å². The number of para-hydroxylation sites is 1. The Morgan fingerprint density at radius 1 is 1.06 bits per heavy atom. The summed E-state index contributed by atoms with van der Waals surface area (Å²) in [5.74, 6) is -1.33. The first-order valence-electron chi connectivity index (χ1n) is 10.6. The molecule has 1 aliphatic rings. The van der Waals surface area contributed by atoms with E-state index in [1.54, 1.807) is 18.3 Å². The van der Waals surface area contributed by atoms with Crippen LogP contribution in [0, 0.1) is 0 Å². The van der Waals surface area contributed by atoms with Crippen molar-refractivity contribution in [3.05, 3.63) is 90.3 Å². The summed E-state index contributed by atoms with van der Waals surface area (Å²) in [6, 6.07) is 20.5. The molecule has 4 rings (SSSR count). The molecule has 2 N–H and O–H groups in total. The van der Waals surface area contributed by atoms with Crippen LogP contribution in [-0.4, -0.2) is 34.6 Å². The van der Waals surface area contributed by atoms with Crippen LogP contribution in [0.3, 0.4) is 0 Å². The fourth-order valence-corrected chi connectivity index (χ4v) is 4.52. The summed E-state index contributed by atoms with van der Waals surface area (Å²) in [5, 5.41) is 5.01. The highest BCUT2D eigenvalue weighted by Crippen LogP contribution is 2.37. The van der Waals surface area contributed by atoms with Crippen LogP contribution < -0.4 is 10.6 Å². The van der Waals surface area contributed by atoms with E-state index in [1.807, 2.05) is 54.6 Å². The molecule has 3 aromatic rings. The molecule has 0 fully saturated rings. The van der Waals surface area contributed by atoms with E-state index >= 15 is 0 Å². The number of pyridine rings is 1. The number of hydrogen-bond acceptors (Lipinski definition) is 6. The molecule has 0 aliphatic carbocycles. The lowest BCUT2D eigenvalue weighted by Crippen LogP contribution is -2.35. The Balaban J connectivity index is 1.39. The van der Waals surface area contributed by atoms with E-state index in [1.165, 1.54) is 18.0 Å². The summed E-state index contributed by atoms with van der Waals surface area (Å²) >= 11 is 1.31. The molecule has 8 heteroatoms. The average Bonchev–Trinajstić information content (AvgIpc) is 2.84. The van der Waals surface area contributed by atoms with Crippen LogP contribution in [-0.2, 0) is 25.5 Å². The monoisotopic (exact) mass is 461 g/mol. The molecule has 1 aliphatic heterocycles. The van der Waals surface area contributed by atoms with Gasteiger partial charge in [0.05, 0.1) is 17.4 Å². The van der Waals surface area contributed by atoms with Crippen LogP contribution in [0.25, 0.3) is 0 Å². The molecule has 2 aromatic carbocycles. The molecular formula is C25H23N3O4S. The molecule has 1 aromatic heterocycles. The zero-order chi connectivity index (χ0) is 23.0. The first-order valence-corrected chi connectivity index (χ1v) is 11.5. The number of rotatable bonds is 8. The molecule has 0 unspecified atom stereocenters. The van der Waals surface area contributed by atoms with E-state index < -0.39 is 23.2 Å². The van der Waals surface area contributed by atoms with Crippen molar-refractivity contribution in [3.8, 4) is 0 Å². The fraction of sp³-hybridized carbons (Fsp3) is 0.200. The second-order valence-corrected chi connectivity index (χ2v) is 8.72. The number of anilines is 1. The van der Waals surface area contributed by atoms with Gasteiger partial charge in [-0.15, -0.1) is 11.8 Å². The minimum absolute atomic E-state index is 0.154. The molecule has 0 saturated heterocycles. The van der Waals surface area contributed by atoms with Gasteiger partial charge in [-0.1, -0.05) is 48.5 Å². The maximum Gasteiger partial charge on any atom is 0.308 e. The van der Waals surface area contributed by atoms with Gasteiger partial charge < -0.3 is 15.4 Å². The van der Waals surface area contributed by atoms with E-state index in [9.17, 15) is 14.4 Å². The topological polar surface area (TPSA) is 97.4 Å². The quantitative estimate of drug-likeness (QED) is 0.498. The smallest absolute Gasteiger partial charge is 0.308 e. The Bertz CT molecular complexity index is 1120. The predicted octanol–water partition coefficient (Wildman–Crippen LogP) is 3.53. The molecule has 2 heterocycles. The van der Waals surface area contributed by atoms with Gasteiger partial charge >= 0.3 is 5.97 Å². The van der Waals surface area contributed by atoms with Crippen molar-refractivity contribution in [1.29, 1.82) is 0 Å². The van der Waals surface area contributed by atoms with Gasteiger partial charge in [-0.2, -0.15) is 0 Å². The second-order valence-electron chi connectivity index (χ2n) is 7.48. The van der Waals surface area contributed by atoms with Crippen molar-refractivity contribution < 1.29 is 19.1 Å². The number of nitrogens with zero attached hydrogens (tertiary/aromatic N) is 1. The number of fused-ring (bicyclic) bond motifs is 1. The van der Waals surface area contributed by atoms with Gasteiger partial charge in [0.1, 0.15) is 0 Å². The highest BCUT2D eigenvalue weighted by molar-refractivity contribution is 8.01. The molecule has 2 amide bonds. The maximum absolute atomic E-state index is 12.9. The van der Waals surface area contributed by atoms with Crippen LogP contribution in [0.1, 0.15) is 23.7 Å². The fourth-order valence-electron chi connectivity index (χ4n) is 3.43. The van der Waals surface area contributed by atoms with Gasteiger partial charge in [-0.3, -0.25) is 19.4 Å². The lowest BCUT2D eigenvalue weighted by atomic mass is 10.1. The summed E-state index contributed by atoms with van der Waals surface area (Å²) in [7, 11) is 0. The SMILES string of the molecule is O=C(C[C@H]1Sc2ccccc2NC1=O)O[C@H](C(=O)NCCc1ccccc1)c1cccnc1. The molecule has 0 bridgehead atoms. The van der Waals surface area contributed by atoms with Gasteiger partial charge in [0.25, 0.3) is 5.91 Å². The van der Waals surface area contributed by atoms with Crippen molar-refractivity contribution in [2.24, 2.45) is 0 Å². The highest BCUT2D eigenvalue weighted by Gasteiger charge is 2.32. The van der Waals surface area contributed by atoms with Crippen molar-refractivity contribution >= 4 is 35.2 Å². The van der Waals surface area contributed by atoms with Crippen molar-refractivity contribution in [3.63, 3.8) is 0 Å². The van der Waals surface area contributed by atoms with E-state index in [2.05, 4.69) is 15.6 Å². The molecule has 0 radical (unpaired) electrons. The molecule has 0 saturated carbocycles. The van der Waals surface area contributed by atoms with Gasteiger partial charge in [-0.05, 0) is 30.2 Å². The number of benzene rings is 2. The zero-order valence-corrected chi connectivity index (χ0v) is 18.6. The van der Waals surface area contributed by atoms with Crippen LogP contribution in [0.5, 0.6) is 0 Å².